The summed E-state index contributed by atoms with van der Waals surface area (Å²) < 4.78 is 16.2. The molecule has 2 atom stereocenters. The molecule has 4 heteroatoms. The second kappa shape index (κ2) is 6.30. The van der Waals surface area contributed by atoms with Gasteiger partial charge in [0.05, 0.1) is 12.1 Å². The number of hydrogen-bond acceptors (Lipinski definition) is 2. The van der Waals surface area contributed by atoms with E-state index in [1.165, 1.54) is 6.07 Å². The number of benzene rings is 2. The zero-order valence-electron chi connectivity index (χ0n) is 12.4. The Bertz CT molecular complexity index is 768. The number of halogens is 1. The van der Waals surface area contributed by atoms with Crippen LogP contribution in [0.25, 0.3) is 10.9 Å². The lowest BCUT2D eigenvalue weighted by atomic mass is 10.00. The summed E-state index contributed by atoms with van der Waals surface area (Å²) in [6.45, 7) is 0.380. The molecule has 1 heterocycles. The highest BCUT2D eigenvalue weighted by atomic mass is 19.1. The average molecular weight is 298 g/mol. The molecule has 22 heavy (non-hydrogen) atoms. The van der Waals surface area contributed by atoms with E-state index >= 15 is 0 Å². The maximum atomic E-state index is 14.3. The number of aliphatic hydroxyl groups excluding tert-OH is 1. The van der Waals surface area contributed by atoms with Crippen LogP contribution < -0.4 is 5.32 Å². The maximum absolute atomic E-state index is 14.3. The Morgan fingerprint density at radius 3 is 2.59 bits per heavy atom. The monoisotopic (exact) mass is 298 g/mol. The largest absolute Gasteiger partial charge is 0.389 e. The van der Waals surface area contributed by atoms with E-state index in [1.54, 1.807) is 25.2 Å². The molecule has 2 N–H and O–H groups in total. The molecule has 0 spiro atoms. The number of aliphatic hydroxyl groups is 1. The molecule has 0 aliphatic rings. The van der Waals surface area contributed by atoms with Crippen molar-refractivity contribution in [3.05, 3.63) is 72.2 Å². The third-order valence-corrected chi connectivity index (χ3v) is 3.93. The summed E-state index contributed by atoms with van der Waals surface area (Å²) in [7, 11) is 1.77. The predicted molar refractivity (Wildman–Crippen MR) is 86.4 cm³/mol. The van der Waals surface area contributed by atoms with Gasteiger partial charge in [-0.15, -0.1) is 0 Å². The normalized spacial score (nSPS) is 14.1. The van der Waals surface area contributed by atoms with Crippen LogP contribution in [0.5, 0.6) is 0 Å². The molecule has 3 rings (SSSR count). The first-order valence-electron chi connectivity index (χ1n) is 7.35. The highest BCUT2D eigenvalue weighted by Crippen LogP contribution is 2.29. The summed E-state index contributed by atoms with van der Waals surface area (Å²) in [6, 6.07) is 16.0. The Labute approximate surface area is 129 Å². The number of para-hydroxylation sites is 1. The molecule has 2 unspecified atom stereocenters. The lowest BCUT2D eigenvalue weighted by Crippen LogP contribution is -2.33. The molecular formula is C18H19FN2O. The molecule has 0 fully saturated rings. The summed E-state index contributed by atoms with van der Waals surface area (Å²) in [6.07, 6.45) is 1.17. The summed E-state index contributed by atoms with van der Waals surface area (Å²) in [5, 5.41) is 14.6. The number of hydrogen-bond donors (Lipinski definition) is 2. The Hall–Kier alpha value is -2.17. The van der Waals surface area contributed by atoms with Gasteiger partial charge in [-0.2, -0.15) is 0 Å². The van der Waals surface area contributed by atoms with E-state index in [2.05, 4.69) is 5.32 Å². The number of fused-ring (bicyclic) bond motifs is 1. The fourth-order valence-electron chi connectivity index (χ4n) is 2.93. The Morgan fingerprint density at radius 2 is 1.82 bits per heavy atom. The first-order chi connectivity index (χ1) is 10.7. The van der Waals surface area contributed by atoms with Crippen molar-refractivity contribution in [3.63, 3.8) is 0 Å². The molecule has 0 aliphatic heterocycles. The van der Waals surface area contributed by atoms with Crippen LogP contribution >= 0.6 is 0 Å². The highest BCUT2D eigenvalue weighted by molar-refractivity contribution is 5.80. The van der Waals surface area contributed by atoms with Gasteiger partial charge >= 0.3 is 0 Å². The van der Waals surface area contributed by atoms with Crippen LogP contribution in [0.4, 0.5) is 4.39 Å². The first kappa shape index (κ1) is 14.8. The van der Waals surface area contributed by atoms with Crippen LogP contribution in [0.2, 0.25) is 0 Å². The van der Waals surface area contributed by atoms with Crippen LogP contribution in [0.3, 0.4) is 0 Å². The molecule has 0 aliphatic carbocycles. The van der Waals surface area contributed by atoms with Crippen molar-refractivity contribution < 1.29 is 9.50 Å². The minimum Gasteiger partial charge on any atom is -0.389 e. The van der Waals surface area contributed by atoms with Crippen molar-refractivity contribution in [3.8, 4) is 0 Å². The van der Waals surface area contributed by atoms with Gasteiger partial charge in [0.2, 0.25) is 0 Å². The van der Waals surface area contributed by atoms with Crippen LogP contribution in [0.1, 0.15) is 11.6 Å². The standard InChI is InChI=1S/C18H19FN2O/c1-20-12-17(22)18(14-7-3-4-8-15(14)19)21-11-10-13-6-2-5-9-16(13)21/h2-11,17-18,20,22H,12H2,1H3. The van der Waals surface area contributed by atoms with E-state index in [1.807, 2.05) is 41.1 Å². The summed E-state index contributed by atoms with van der Waals surface area (Å²) in [4.78, 5) is 0. The number of likely N-dealkylation sites (N-methyl/N-ethyl adjacent to an activating group) is 1. The summed E-state index contributed by atoms with van der Waals surface area (Å²) in [5.74, 6) is -0.305. The molecular weight excluding hydrogens is 279 g/mol. The van der Waals surface area contributed by atoms with Crippen molar-refractivity contribution >= 4 is 10.9 Å². The fraction of sp³-hybridized carbons (Fsp3) is 0.222. The third-order valence-electron chi connectivity index (χ3n) is 3.93. The zero-order valence-corrected chi connectivity index (χ0v) is 12.4. The van der Waals surface area contributed by atoms with Crippen molar-refractivity contribution in [1.29, 1.82) is 0 Å². The predicted octanol–water partition coefficient (Wildman–Crippen LogP) is 2.95. The van der Waals surface area contributed by atoms with E-state index in [-0.39, 0.29) is 5.82 Å². The molecule has 114 valence electrons. The second-order valence-electron chi connectivity index (χ2n) is 5.37. The minimum atomic E-state index is -0.738. The van der Waals surface area contributed by atoms with E-state index in [0.717, 1.165) is 10.9 Å². The van der Waals surface area contributed by atoms with Gasteiger partial charge in [-0.05, 0) is 30.6 Å². The van der Waals surface area contributed by atoms with Crippen molar-refractivity contribution in [2.75, 3.05) is 13.6 Å². The van der Waals surface area contributed by atoms with Gasteiger partial charge < -0.3 is 15.0 Å². The lowest BCUT2D eigenvalue weighted by Gasteiger charge is -2.26. The second-order valence-corrected chi connectivity index (χ2v) is 5.37. The average Bonchev–Trinajstić information content (AvgIpc) is 2.94. The third kappa shape index (κ3) is 2.63. The van der Waals surface area contributed by atoms with Crippen LogP contribution in [-0.2, 0) is 0 Å². The smallest absolute Gasteiger partial charge is 0.128 e. The number of nitrogens with zero attached hydrogens (tertiary/aromatic N) is 1. The molecule has 0 saturated heterocycles. The molecule has 3 nitrogen and oxygen atoms in total. The Morgan fingerprint density at radius 1 is 1.09 bits per heavy atom. The van der Waals surface area contributed by atoms with Crippen LogP contribution in [-0.4, -0.2) is 29.4 Å². The minimum absolute atomic E-state index is 0.305. The SMILES string of the molecule is CNCC(O)C(c1ccccc1F)n1ccc2ccccc21. The van der Waals surface area contributed by atoms with Gasteiger partial charge in [-0.1, -0.05) is 36.4 Å². The zero-order chi connectivity index (χ0) is 15.5. The molecule has 0 bridgehead atoms. The first-order valence-corrected chi connectivity index (χ1v) is 7.35. The maximum Gasteiger partial charge on any atom is 0.128 e. The van der Waals surface area contributed by atoms with Gasteiger partial charge in [0, 0.05) is 23.8 Å². The molecule has 0 saturated carbocycles. The van der Waals surface area contributed by atoms with Gasteiger partial charge in [-0.3, -0.25) is 0 Å². The van der Waals surface area contributed by atoms with Crippen LogP contribution in [0.15, 0.2) is 60.8 Å². The van der Waals surface area contributed by atoms with E-state index in [0.29, 0.717) is 12.1 Å². The number of rotatable bonds is 5. The Kier molecular flexibility index (Phi) is 4.22. The Balaban J connectivity index is 2.15. The fourth-order valence-corrected chi connectivity index (χ4v) is 2.93. The summed E-state index contributed by atoms with van der Waals surface area (Å²) >= 11 is 0. The van der Waals surface area contributed by atoms with Gasteiger partial charge in [0.15, 0.2) is 0 Å². The van der Waals surface area contributed by atoms with Crippen molar-refractivity contribution in [1.82, 2.24) is 9.88 Å². The molecule has 0 radical (unpaired) electrons. The topological polar surface area (TPSA) is 37.2 Å². The van der Waals surface area contributed by atoms with Gasteiger partial charge in [0.1, 0.15) is 5.82 Å². The van der Waals surface area contributed by atoms with Crippen molar-refractivity contribution in [2.45, 2.75) is 12.1 Å². The molecule has 1 aromatic heterocycles. The number of aromatic nitrogens is 1. The van der Waals surface area contributed by atoms with E-state index < -0.39 is 12.1 Å². The van der Waals surface area contributed by atoms with Gasteiger partial charge in [0.25, 0.3) is 0 Å². The van der Waals surface area contributed by atoms with Gasteiger partial charge in [-0.25, -0.2) is 4.39 Å². The van der Waals surface area contributed by atoms with Crippen LogP contribution in [0, 0.1) is 5.82 Å². The lowest BCUT2D eigenvalue weighted by molar-refractivity contribution is 0.130. The van der Waals surface area contributed by atoms with Crippen molar-refractivity contribution in [2.24, 2.45) is 0 Å². The quantitative estimate of drug-likeness (QED) is 0.760. The highest BCUT2D eigenvalue weighted by Gasteiger charge is 2.25. The molecule has 3 aromatic rings. The van der Waals surface area contributed by atoms with E-state index in [4.69, 9.17) is 0 Å². The molecule has 0 amide bonds. The molecule has 2 aromatic carbocycles. The summed E-state index contributed by atoms with van der Waals surface area (Å²) in [5.41, 5.74) is 1.47. The van der Waals surface area contributed by atoms with E-state index in [9.17, 15) is 9.50 Å². The number of nitrogens with one attached hydrogen (secondary N) is 1.